The molecular weight excluding hydrogens is 400 g/mol. The minimum atomic E-state index is -3.45. The van der Waals surface area contributed by atoms with Gasteiger partial charge in [0.25, 0.3) is 10.2 Å². The van der Waals surface area contributed by atoms with E-state index in [4.69, 9.17) is 0 Å². The van der Waals surface area contributed by atoms with E-state index in [1.807, 2.05) is 43.5 Å². The van der Waals surface area contributed by atoms with Crippen LogP contribution in [0.2, 0.25) is 0 Å². The molecular formula is C22H28N4O3S. The molecule has 4 rings (SSSR count). The van der Waals surface area contributed by atoms with Crippen molar-refractivity contribution in [1.82, 2.24) is 18.4 Å². The molecule has 0 unspecified atom stereocenters. The molecule has 2 aliphatic rings. The number of carbonyl (C=O) groups excluding carboxylic acids is 1. The number of hydrogen-bond acceptors (Lipinski definition) is 4. The Hall–Kier alpha value is -2.26. The first-order valence-corrected chi connectivity index (χ1v) is 11.7. The molecule has 160 valence electrons. The zero-order valence-corrected chi connectivity index (χ0v) is 18.1. The van der Waals surface area contributed by atoms with Crippen LogP contribution >= 0.6 is 0 Å². The predicted molar refractivity (Wildman–Crippen MR) is 119 cm³/mol. The zero-order chi connectivity index (χ0) is 21.1. The van der Waals surface area contributed by atoms with Crippen LogP contribution in [0.15, 0.2) is 48.5 Å². The largest absolute Gasteiger partial charge is 0.337 e. The van der Waals surface area contributed by atoms with Crippen molar-refractivity contribution in [3.63, 3.8) is 0 Å². The summed E-state index contributed by atoms with van der Waals surface area (Å²) in [7, 11) is -1.45. The van der Waals surface area contributed by atoms with Crippen molar-refractivity contribution in [2.75, 3.05) is 59.4 Å². The van der Waals surface area contributed by atoms with E-state index < -0.39 is 10.2 Å². The summed E-state index contributed by atoms with van der Waals surface area (Å²) in [5, 5.41) is 2.24. The fourth-order valence-electron chi connectivity index (χ4n) is 3.98. The highest BCUT2D eigenvalue weighted by Crippen LogP contribution is 2.20. The molecule has 2 aliphatic heterocycles. The summed E-state index contributed by atoms with van der Waals surface area (Å²) in [4.78, 5) is 16.5. The van der Waals surface area contributed by atoms with Crippen molar-refractivity contribution in [3.05, 3.63) is 54.1 Å². The first-order chi connectivity index (χ1) is 14.4. The molecule has 30 heavy (non-hydrogen) atoms. The summed E-state index contributed by atoms with van der Waals surface area (Å²) in [6.45, 7) is 4.02. The van der Waals surface area contributed by atoms with Gasteiger partial charge in [-0.25, -0.2) is 0 Å². The van der Waals surface area contributed by atoms with Crippen molar-refractivity contribution < 1.29 is 13.2 Å². The Labute approximate surface area is 178 Å². The summed E-state index contributed by atoms with van der Waals surface area (Å²) in [5.41, 5.74) is 0.998. The molecule has 0 radical (unpaired) electrons. The Balaban J connectivity index is 1.37. The summed E-state index contributed by atoms with van der Waals surface area (Å²) in [6.07, 6.45) is 3.43. The van der Waals surface area contributed by atoms with E-state index in [0.717, 1.165) is 29.4 Å². The second kappa shape index (κ2) is 8.85. The summed E-state index contributed by atoms with van der Waals surface area (Å²) < 4.78 is 28.8. The van der Waals surface area contributed by atoms with Crippen LogP contribution in [0.5, 0.6) is 0 Å². The van der Waals surface area contributed by atoms with E-state index in [2.05, 4.69) is 17.0 Å². The van der Waals surface area contributed by atoms with Crippen molar-refractivity contribution in [1.29, 1.82) is 0 Å². The second-order valence-electron chi connectivity index (χ2n) is 7.84. The lowest BCUT2D eigenvalue weighted by Crippen LogP contribution is -2.57. The van der Waals surface area contributed by atoms with Gasteiger partial charge in [-0.05, 0) is 29.5 Å². The molecule has 0 spiro atoms. The van der Waals surface area contributed by atoms with Gasteiger partial charge in [0.1, 0.15) is 0 Å². The third-order valence-electron chi connectivity index (χ3n) is 5.89. The first-order valence-electron chi connectivity index (χ1n) is 10.3. The van der Waals surface area contributed by atoms with Crippen LogP contribution in [0.3, 0.4) is 0 Å². The van der Waals surface area contributed by atoms with Gasteiger partial charge in [-0.15, -0.1) is 0 Å². The van der Waals surface area contributed by atoms with E-state index in [-0.39, 0.29) is 5.91 Å². The first kappa shape index (κ1) is 21.0. The molecule has 2 heterocycles. The van der Waals surface area contributed by atoms with Gasteiger partial charge >= 0.3 is 0 Å². The Morgan fingerprint density at radius 1 is 0.833 bits per heavy atom. The van der Waals surface area contributed by atoms with Gasteiger partial charge in [-0.2, -0.15) is 17.0 Å². The number of rotatable bonds is 4. The Bertz CT molecular complexity index is 1030. The lowest BCUT2D eigenvalue weighted by molar-refractivity contribution is -0.127. The van der Waals surface area contributed by atoms with Crippen LogP contribution in [0.25, 0.3) is 16.8 Å². The van der Waals surface area contributed by atoms with Crippen LogP contribution in [0.1, 0.15) is 5.56 Å². The SMILES string of the molecule is CN1CCN(S(=O)(=O)N2CCN(C(=O)/C=C/c3cccc4ccccc34)CC2)CC1. The summed E-state index contributed by atoms with van der Waals surface area (Å²) in [6, 6.07) is 14.1. The number of carbonyl (C=O) groups is 1. The number of likely N-dealkylation sites (N-methyl/N-ethyl adjacent to an activating group) is 1. The highest BCUT2D eigenvalue weighted by molar-refractivity contribution is 7.86. The Kier molecular flexibility index (Phi) is 6.19. The molecule has 2 fully saturated rings. The zero-order valence-electron chi connectivity index (χ0n) is 17.3. The standard InChI is InChI=1S/C22H28N4O3S/c1-23-11-15-25(16-12-23)30(28,29)26-17-13-24(14-18-26)22(27)10-9-20-7-4-6-19-5-2-3-8-21(19)20/h2-10H,11-18H2,1H3/b10-9+. The predicted octanol–water partition coefficient (Wildman–Crippen LogP) is 1.49. The smallest absolute Gasteiger partial charge is 0.282 e. The molecule has 0 aliphatic carbocycles. The van der Waals surface area contributed by atoms with E-state index in [9.17, 15) is 13.2 Å². The van der Waals surface area contributed by atoms with Crippen LogP contribution in [0, 0.1) is 0 Å². The van der Waals surface area contributed by atoms with Crippen molar-refractivity contribution >= 4 is 33.0 Å². The number of benzene rings is 2. The second-order valence-corrected chi connectivity index (χ2v) is 9.76. The fourth-order valence-corrected chi connectivity index (χ4v) is 5.56. The van der Waals surface area contributed by atoms with Crippen LogP contribution in [-0.2, 0) is 15.0 Å². The highest BCUT2D eigenvalue weighted by atomic mass is 32.2. The Morgan fingerprint density at radius 2 is 1.43 bits per heavy atom. The third kappa shape index (κ3) is 4.41. The Morgan fingerprint density at radius 3 is 2.13 bits per heavy atom. The number of nitrogens with zero attached hydrogens (tertiary/aromatic N) is 4. The maximum atomic E-state index is 12.9. The topological polar surface area (TPSA) is 64.2 Å². The molecule has 0 bridgehead atoms. The third-order valence-corrected chi connectivity index (χ3v) is 7.93. The average molecular weight is 429 g/mol. The van der Waals surface area contributed by atoms with Crippen LogP contribution in [0.4, 0.5) is 0 Å². The number of fused-ring (bicyclic) bond motifs is 1. The van der Waals surface area contributed by atoms with Crippen LogP contribution < -0.4 is 0 Å². The lowest BCUT2D eigenvalue weighted by atomic mass is 10.0. The highest BCUT2D eigenvalue weighted by Gasteiger charge is 2.34. The lowest BCUT2D eigenvalue weighted by Gasteiger charge is -2.38. The van der Waals surface area contributed by atoms with Gasteiger partial charge in [-0.1, -0.05) is 42.5 Å². The molecule has 2 aromatic carbocycles. The maximum Gasteiger partial charge on any atom is 0.282 e. The van der Waals surface area contributed by atoms with E-state index >= 15 is 0 Å². The minimum Gasteiger partial charge on any atom is -0.337 e. The van der Waals surface area contributed by atoms with E-state index in [1.54, 1.807) is 15.3 Å². The fraction of sp³-hybridized carbons (Fsp3) is 0.409. The van der Waals surface area contributed by atoms with E-state index in [0.29, 0.717) is 39.3 Å². The van der Waals surface area contributed by atoms with Gasteiger partial charge in [0.05, 0.1) is 0 Å². The normalized spacial score (nSPS) is 20.2. The number of amides is 1. The maximum absolute atomic E-state index is 12.9. The average Bonchev–Trinajstić information content (AvgIpc) is 2.78. The quantitative estimate of drug-likeness (QED) is 0.693. The summed E-state index contributed by atoms with van der Waals surface area (Å²) >= 11 is 0. The van der Waals surface area contributed by atoms with Gasteiger partial charge in [0.15, 0.2) is 0 Å². The van der Waals surface area contributed by atoms with Crippen molar-refractivity contribution in [2.45, 2.75) is 0 Å². The molecule has 0 aromatic heterocycles. The molecule has 1 amide bonds. The van der Waals surface area contributed by atoms with Gasteiger partial charge < -0.3 is 9.80 Å². The molecule has 2 aromatic rings. The van der Waals surface area contributed by atoms with Gasteiger partial charge in [0, 0.05) is 58.4 Å². The minimum absolute atomic E-state index is 0.0837. The molecule has 0 N–H and O–H groups in total. The molecule has 0 atom stereocenters. The van der Waals surface area contributed by atoms with Crippen LogP contribution in [-0.4, -0.2) is 92.1 Å². The van der Waals surface area contributed by atoms with E-state index in [1.165, 1.54) is 4.31 Å². The molecule has 2 saturated heterocycles. The number of piperazine rings is 2. The molecule has 8 heteroatoms. The number of hydrogen-bond donors (Lipinski definition) is 0. The molecule has 0 saturated carbocycles. The van der Waals surface area contributed by atoms with Gasteiger partial charge in [-0.3, -0.25) is 4.79 Å². The van der Waals surface area contributed by atoms with Gasteiger partial charge in [0.2, 0.25) is 5.91 Å². The monoisotopic (exact) mass is 428 g/mol. The van der Waals surface area contributed by atoms with Crippen molar-refractivity contribution in [2.24, 2.45) is 0 Å². The van der Waals surface area contributed by atoms with Crippen molar-refractivity contribution in [3.8, 4) is 0 Å². The molecule has 7 nitrogen and oxygen atoms in total. The summed E-state index contributed by atoms with van der Waals surface area (Å²) in [5.74, 6) is -0.0837.